The Hall–Kier alpha value is -0.730. The lowest BCUT2D eigenvalue weighted by atomic mass is 10.1. The van der Waals surface area contributed by atoms with Crippen LogP contribution < -0.4 is 0 Å². The molecular formula is C9H8Cl2O2. The molecule has 1 aromatic carbocycles. The molecule has 0 aliphatic rings. The van der Waals surface area contributed by atoms with E-state index in [4.69, 9.17) is 23.2 Å². The third-order valence-corrected chi connectivity index (χ3v) is 2.32. The van der Waals surface area contributed by atoms with Gasteiger partial charge in [-0.25, -0.2) is 4.79 Å². The number of halogens is 2. The predicted octanol–water partition coefficient (Wildman–Crippen LogP) is 2.49. The monoisotopic (exact) mass is 218 g/mol. The SMILES string of the molecule is COC(=O)C(Cl)(Cl)c1ccccc1. The summed E-state index contributed by atoms with van der Waals surface area (Å²) in [7, 11) is 1.24. The summed E-state index contributed by atoms with van der Waals surface area (Å²) in [5.41, 5.74) is 0.505. The van der Waals surface area contributed by atoms with E-state index in [1.54, 1.807) is 24.3 Å². The number of carbonyl (C=O) groups excluding carboxylic acids is 1. The van der Waals surface area contributed by atoms with Gasteiger partial charge < -0.3 is 4.74 Å². The first kappa shape index (κ1) is 10.4. The van der Waals surface area contributed by atoms with Gasteiger partial charge in [0.05, 0.1) is 7.11 Å². The first-order valence-corrected chi connectivity index (χ1v) is 4.36. The summed E-state index contributed by atoms with van der Waals surface area (Å²) in [4.78, 5) is 11.1. The highest BCUT2D eigenvalue weighted by Gasteiger charge is 2.36. The van der Waals surface area contributed by atoms with Crippen LogP contribution in [0.3, 0.4) is 0 Å². The lowest BCUT2D eigenvalue weighted by Crippen LogP contribution is -2.24. The van der Waals surface area contributed by atoms with Crippen LogP contribution in [-0.2, 0) is 13.9 Å². The van der Waals surface area contributed by atoms with Gasteiger partial charge in [-0.1, -0.05) is 53.5 Å². The van der Waals surface area contributed by atoms with Crippen molar-refractivity contribution in [2.24, 2.45) is 0 Å². The highest BCUT2D eigenvalue weighted by Crippen LogP contribution is 2.34. The van der Waals surface area contributed by atoms with Gasteiger partial charge in [-0.15, -0.1) is 0 Å². The zero-order chi connectivity index (χ0) is 9.90. The van der Waals surface area contributed by atoms with E-state index in [-0.39, 0.29) is 0 Å². The van der Waals surface area contributed by atoms with Gasteiger partial charge in [0.15, 0.2) is 0 Å². The average Bonchev–Trinajstić information content (AvgIpc) is 2.18. The van der Waals surface area contributed by atoms with E-state index in [0.29, 0.717) is 5.56 Å². The topological polar surface area (TPSA) is 26.3 Å². The number of methoxy groups -OCH3 is 1. The molecule has 0 atom stereocenters. The molecular weight excluding hydrogens is 211 g/mol. The molecule has 0 saturated carbocycles. The highest BCUT2D eigenvalue weighted by atomic mass is 35.5. The molecule has 0 bridgehead atoms. The molecule has 13 heavy (non-hydrogen) atoms. The van der Waals surface area contributed by atoms with E-state index in [1.165, 1.54) is 7.11 Å². The van der Waals surface area contributed by atoms with Crippen molar-refractivity contribution in [3.63, 3.8) is 0 Å². The van der Waals surface area contributed by atoms with Gasteiger partial charge in [0, 0.05) is 0 Å². The van der Waals surface area contributed by atoms with Gasteiger partial charge in [-0.2, -0.15) is 0 Å². The summed E-state index contributed by atoms with van der Waals surface area (Å²) in [5.74, 6) is -0.679. The minimum atomic E-state index is -1.62. The second kappa shape index (κ2) is 3.99. The highest BCUT2D eigenvalue weighted by molar-refractivity contribution is 6.56. The fourth-order valence-corrected chi connectivity index (χ4v) is 1.30. The molecule has 0 aromatic heterocycles. The predicted molar refractivity (Wildman–Crippen MR) is 51.8 cm³/mol. The van der Waals surface area contributed by atoms with Crippen molar-refractivity contribution in [2.45, 2.75) is 4.33 Å². The Morgan fingerprint density at radius 1 is 1.31 bits per heavy atom. The fraction of sp³-hybridized carbons (Fsp3) is 0.222. The normalized spacial score (nSPS) is 11.0. The Kier molecular flexibility index (Phi) is 3.17. The standard InChI is InChI=1S/C9H8Cl2O2/c1-13-8(12)9(10,11)7-5-3-2-4-6-7/h2-6H,1H3. The molecule has 0 N–H and O–H groups in total. The second-order valence-corrected chi connectivity index (χ2v) is 3.76. The maximum absolute atomic E-state index is 11.1. The zero-order valence-corrected chi connectivity index (χ0v) is 8.47. The molecule has 70 valence electrons. The van der Waals surface area contributed by atoms with Crippen molar-refractivity contribution >= 4 is 29.2 Å². The third kappa shape index (κ3) is 2.14. The van der Waals surface area contributed by atoms with E-state index in [2.05, 4.69) is 4.74 Å². The number of carbonyl (C=O) groups is 1. The maximum Gasteiger partial charge on any atom is 0.347 e. The first-order chi connectivity index (χ1) is 6.09. The molecule has 4 heteroatoms. The van der Waals surface area contributed by atoms with Gasteiger partial charge in [0.25, 0.3) is 0 Å². The van der Waals surface area contributed by atoms with Crippen molar-refractivity contribution in [1.82, 2.24) is 0 Å². The summed E-state index contributed by atoms with van der Waals surface area (Å²) in [6, 6.07) is 8.63. The summed E-state index contributed by atoms with van der Waals surface area (Å²) >= 11 is 11.6. The fourth-order valence-electron chi connectivity index (χ4n) is 0.894. The number of hydrogen-bond acceptors (Lipinski definition) is 2. The third-order valence-electron chi connectivity index (χ3n) is 1.58. The van der Waals surface area contributed by atoms with Crippen LogP contribution in [0.5, 0.6) is 0 Å². The smallest absolute Gasteiger partial charge is 0.347 e. The van der Waals surface area contributed by atoms with Crippen LogP contribution >= 0.6 is 23.2 Å². The molecule has 0 saturated heterocycles. The van der Waals surface area contributed by atoms with Gasteiger partial charge in [-0.05, 0) is 5.56 Å². The summed E-state index contributed by atoms with van der Waals surface area (Å²) in [5, 5.41) is 0. The minimum Gasteiger partial charge on any atom is -0.467 e. The average molecular weight is 219 g/mol. The van der Waals surface area contributed by atoms with E-state index >= 15 is 0 Å². The first-order valence-electron chi connectivity index (χ1n) is 3.61. The largest absolute Gasteiger partial charge is 0.467 e. The Labute approximate surface area is 86.4 Å². The lowest BCUT2D eigenvalue weighted by Gasteiger charge is -2.16. The van der Waals surface area contributed by atoms with Gasteiger partial charge in [-0.3, -0.25) is 0 Å². The zero-order valence-electron chi connectivity index (χ0n) is 6.96. The number of esters is 1. The second-order valence-electron chi connectivity index (χ2n) is 2.43. The van der Waals surface area contributed by atoms with Gasteiger partial charge >= 0.3 is 5.97 Å². The van der Waals surface area contributed by atoms with Crippen LogP contribution in [0.4, 0.5) is 0 Å². The minimum absolute atomic E-state index is 0.505. The summed E-state index contributed by atoms with van der Waals surface area (Å²) in [6.45, 7) is 0. The number of rotatable bonds is 2. The van der Waals surface area contributed by atoms with Crippen molar-refractivity contribution in [1.29, 1.82) is 0 Å². The molecule has 2 nitrogen and oxygen atoms in total. The van der Waals surface area contributed by atoms with Gasteiger partial charge in [0.2, 0.25) is 4.33 Å². The molecule has 1 rings (SSSR count). The Bertz CT molecular complexity index is 296. The van der Waals surface area contributed by atoms with Crippen LogP contribution in [0.15, 0.2) is 30.3 Å². The number of ether oxygens (including phenoxy) is 1. The van der Waals surface area contributed by atoms with Gasteiger partial charge in [0.1, 0.15) is 0 Å². The summed E-state index contributed by atoms with van der Waals surface area (Å²) in [6.07, 6.45) is 0. The molecule has 0 unspecified atom stereocenters. The number of benzene rings is 1. The van der Waals surface area contributed by atoms with E-state index in [0.717, 1.165) is 0 Å². The Balaban J connectivity index is 3.00. The van der Waals surface area contributed by atoms with Crippen LogP contribution in [-0.4, -0.2) is 13.1 Å². The van der Waals surface area contributed by atoms with E-state index in [1.807, 2.05) is 6.07 Å². The molecule has 0 aliphatic heterocycles. The van der Waals surface area contributed by atoms with Crippen LogP contribution in [0.2, 0.25) is 0 Å². The van der Waals surface area contributed by atoms with E-state index < -0.39 is 10.3 Å². The van der Waals surface area contributed by atoms with Crippen molar-refractivity contribution in [2.75, 3.05) is 7.11 Å². The van der Waals surface area contributed by atoms with Crippen molar-refractivity contribution in [3.05, 3.63) is 35.9 Å². The maximum atomic E-state index is 11.1. The molecule has 0 fully saturated rings. The number of hydrogen-bond donors (Lipinski definition) is 0. The number of alkyl halides is 2. The molecule has 0 amide bonds. The van der Waals surface area contributed by atoms with Crippen LogP contribution in [0.25, 0.3) is 0 Å². The van der Waals surface area contributed by atoms with E-state index in [9.17, 15) is 4.79 Å². The quantitative estimate of drug-likeness (QED) is 0.564. The molecule has 1 aromatic rings. The summed E-state index contributed by atoms with van der Waals surface area (Å²) < 4.78 is 2.85. The molecule has 0 heterocycles. The Morgan fingerprint density at radius 3 is 2.31 bits per heavy atom. The van der Waals surface area contributed by atoms with Crippen LogP contribution in [0, 0.1) is 0 Å². The molecule has 0 spiro atoms. The van der Waals surface area contributed by atoms with Crippen molar-refractivity contribution in [3.8, 4) is 0 Å². The molecule has 0 aliphatic carbocycles. The van der Waals surface area contributed by atoms with Crippen molar-refractivity contribution < 1.29 is 9.53 Å². The molecule has 0 radical (unpaired) electrons. The lowest BCUT2D eigenvalue weighted by molar-refractivity contribution is -0.141. The van der Waals surface area contributed by atoms with Crippen LogP contribution in [0.1, 0.15) is 5.56 Å². The Morgan fingerprint density at radius 2 is 1.85 bits per heavy atom.